The van der Waals surface area contributed by atoms with E-state index in [0.717, 1.165) is 19.3 Å². The lowest BCUT2D eigenvalue weighted by molar-refractivity contribution is -0.456. The van der Waals surface area contributed by atoms with E-state index in [1.54, 1.807) is 0 Å². The van der Waals surface area contributed by atoms with Crippen molar-refractivity contribution in [1.82, 2.24) is 0 Å². The normalized spacial score (nSPS) is 18.0. The molecule has 0 bridgehead atoms. The van der Waals surface area contributed by atoms with Gasteiger partial charge in [0.2, 0.25) is 0 Å². The molecule has 0 aliphatic heterocycles. The zero-order valence-corrected chi connectivity index (χ0v) is 13.9. The number of ether oxygens (including phenoxy) is 2. The number of halogens is 8. The first kappa shape index (κ1) is 23.3. The van der Waals surface area contributed by atoms with Crippen molar-refractivity contribution in [1.29, 1.82) is 0 Å². The van der Waals surface area contributed by atoms with Gasteiger partial charge in [0.25, 0.3) is 0 Å². The molecule has 0 amide bonds. The fourth-order valence-electron chi connectivity index (χ4n) is 1.90. The van der Waals surface area contributed by atoms with Gasteiger partial charge in [0, 0.05) is 19.6 Å². The third-order valence-electron chi connectivity index (χ3n) is 3.70. The van der Waals surface area contributed by atoms with Crippen molar-refractivity contribution in [3.05, 3.63) is 0 Å². The van der Waals surface area contributed by atoms with Crippen LogP contribution >= 0.6 is 0 Å². The zero-order chi connectivity index (χ0) is 20.4. The summed E-state index contributed by atoms with van der Waals surface area (Å²) < 4.78 is 140. The van der Waals surface area contributed by atoms with Gasteiger partial charge in [-0.25, -0.2) is 4.74 Å². The van der Waals surface area contributed by atoms with Crippen LogP contribution in [0.5, 0.6) is 0 Å². The Morgan fingerprint density at radius 3 is 1.92 bits per heavy atom. The Morgan fingerprint density at radius 1 is 0.962 bits per heavy atom. The third kappa shape index (κ3) is 5.16. The summed E-state index contributed by atoms with van der Waals surface area (Å²) in [6, 6.07) is 0. The number of hydrogen-bond acceptors (Lipinski definition) is 4. The van der Waals surface area contributed by atoms with Gasteiger partial charge in [-0.05, 0) is 25.2 Å². The fraction of sp³-hybridized carbons (Fsp3) is 1.00. The molecule has 0 spiro atoms. The highest BCUT2D eigenvalue weighted by Crippen LogP contribution is 2.47. The average molecular weight is 424 g/mol. The Morgan fingerprint density at radius 2 is 1.50 bits per heavy atom. The lowest BCUT2D eigenvalue weighted by Gasteiger charge is -2.31. The van der Waals surface area contributed by atoms with Gasteiger partial charge in [-0.3, -0.25) is 4.55 Å². The predicted octanol–water partition coefficient (Wildman–Crippen LogP) is 3.90. The highest BCUT2D eigenvalue weighted by atomic mass is 32.2. The second-order valence-corrected chi connectivity index (χ2v) is 7.27. The van der Waals surface area contributed by atoms with E-state index in [9.17, 15) is 43.5 Å². The number of alkyl halides is 8. The minimum atomic E-state index is -6.91. The molecule has 0 heterocycles. The SMILES string of the molecule is O=S(=O)(O)C(F)(F)C(F)(F)OC(F)(F)C(F)(F)CCCOCC1CCC1. The first-order chi connectivity index (χ1) is 11.5. The smallest absolute Gasteiger partial charge is 0.381 e. The van der Waals surface area contributed by atoms with Crippen molar-refractivity contribution in [3.63, 3.8) is 0 Å². The van der Waals surface area contributed by atoms with E-state index in [2.05, 4.69) is 4.74 Å². The van der Waals surface area contributed by atoms with Gasteiger partial charge in [0.15, 0.2) is 0 Å². The average Bonchev–Trinajstić information content (AvgIpc) is 2.37. The van der Waals surface area contributed by atoms with Crippen LogP contribution in [0.15, 0.2) is 0 Å². The quantitative estimate of drug-likeness (QED) is 0.310. The Kier molecular flexibility index (Phi) is 6.92. The molecule has 14 heteroatoms. The number of hydrogen-bond donors (Lipinski definition) is 1. The monoisotopic (exact) mass is 424 g/mol. The second kappa shape index (κ2) is 7.72. The molecule has 1 N–H and O–H groups in total. The molecule has 5 nitrogen and oxygen atoms in total. The van der Waals surface area contributed by atoms with E-state index >= 15 is 0 Å². The maximum Gasteiger partial charge on any atom is 0.460 e. The van der Waals surface area contributed by atoms with E-state index in [4.69, 9.17) is 9.29 Å². The predicted molar refractivity (Wildman–Crippen MR) is 69.8 cm³/mol. The Bertz CT molecular complexity index is 576. The first-order valence-corrected chi connectivity index (χ1v) is 8.74. The highest BCUT2D eigenvalue weighted by Gasteiger charge is 2.73. The molecular weight excluding hydrogens is 408 g/mol. The van der Waals surface area contributed by atoms with Gasteiger partial charge in [-0.2, -0.15) is 43.5 Å². The van der Waals surface area contributed by atoms with Gasteiger partial charge in [0.1, 0.15) is 0 Å². The van der Waals surface area contributed by atoms with Crippen molar-refractivity contribution in [2.24, 2.45) is 5.92 Å². The molecule has 1 fully saturated rings. The van der Waals surface area contributed by atoms with Crippen LogP contribution in [-0.4, -0.2) is 49.6 Å². The molecule has 0 aromatic heterocycles. The van der Waals surface area contributed by atoms with Crippen LogP contribution < -0.4 is 0 Å². The van der Waals surface area contributed by atoms with Crippen LogP contribution in [0.25, 0.3) is 0 Å². The van der Waals surface area contributed by atoms with Gasteiger partial charge in [-0.15, -0.1) is 0 Å². The van der Waals surface area contributed by atoms with Crippen LogP contribution in [0.2, 0.25) is 0 Å². The van der Waals surface area contributed by atoms with Crippen molar-refractivity contribution in [3.8, 4) is 0 Å². The van der Waals surface area contributed by atoms with Crippen LogP contribution in [0.1, 0.15) is 32.1 Å². The van der Waals surface area contributed by atoms with Gasteiger partial charge < -0.3 is 4.74 Å². The van der Waals surface area contributed by atoms with E-state index in [0.29, 0.717) is 0 Å². The summed E-state index contributed by atoms with van der Waals surface area (Å²) in [5.41, 5.74) is 0. The number of rotatable bonds is 11. The largest absolute Gasteiger partial charge is 0.460 e. The maximum atomic E-state index is 13.4. The minimum Gasteiger partial charge on any atom is -0.381 e. The van der Waals surface area contributed by atoms with Crippen molar-refractivity contribution in [2.45, 2.75) is 55.5 Å². The molecule has 0 unspecified atom stereocenters. The summed E-state index contributed by atoms with van der Waals surface area (Å²) in [5, 5.41) is -6.56. The molecule has 0 radical (unpaired) electrons. The summed E-state index contributed by atoms with van der Waals surface area (Å²) in [5.74, 6) is -5.09. The first-order valence-electron chi connectivity index (χ1n) is 7.30. The van der Waals surface area contributed by atoms with Gasteiger partial charge in [-0.1, -0.05) is 6.42 Å². The zero-order valence-electron chi connectivity index (χ0n) is 13.0. The molecule has 156 valence electrons. The lowest BCUT2D eigenvalue weighted by Crippen LogP contribution is -2.55. The van der Waals surface area contributed by atoms with E-state index in [-0.39, 0.29) is 12.5 Å². The van der Waals surface area contributed by atoms with Crippen LogP contribution in [0.3, 0.4) is 0 Å². The molecule has 26 heavy (non-hydrogen) atoms. The van der Waals surface area contributed by atoms with Crippen LogP contribution in [-0.2, 0) is 19.6 Å². The Labute approximate surface area is 143 Å². The van der Waals surface area contributed by atoms with Crippen molar-refractivity contribution in [2.75, 3.05) is 13.2 Å². The van der Waals surface area contributed by atoms with E-state index in [1.807, 2.05) is 0 Å². The summed E-state index contributed by atoms with van der Waals surface area (Å²) in [6.07, 6.45) is -12.5. The molecule has 0 aromatic rings. The third-order valence-corrected chi connectivity index (χ3v) is 4.59. The molecule has 1 aliphatic carbocycles. The van der Waals surface area contributed by atoms with Crippen LogP contribution in [0, 0.1) is 5.92 Å². The molecular formula is C12H16F8O5S. The molecule has 0 saturated heterocycles. The van der Waals surface area contributed by atoms with E-state index < -0.39 is 53.0 Å². The Hall–Kier alpha value is -0.730. The van der Waals surface area contributed by atoms with E-state index in [1.165, 1.54) is 0 Å². The lowest BCUT2D eigenvalue weighted by atomic mass is 9.86. The molecule has 1 aliphatic rings. The molecule has 1 saturated carbocycles. The molecule has 1 rings (SSSR count). The summed E-state index contributed by atoms with van der Waals surface area (Å²) in [7, 11) is -6.91. The summed E-state index contributed by atoms with van der Waals surface area (Å²) in [4.78, 5) is 0. The fourth-order valence-corrected chi connectivity index (χ4v) is 2.24. The van der Waals surface area contributed by atoms with Gasteiger partial charge in [0.05, 0.1) is 0 Å². The van der Waals surface area contributed by atoms with Crippen molar-refractivity contribution < 1.29 is 57.6 Å². The highest BCUT2D eigenvalue weighted by molar-refractivity contribution is 7.86. The summed E-state index contributed by atoms with van der Waals surface area (Å²) in [6.45, 7) is -0.184. The minimum absolute atomic E-state index is 0.219. The maximum absolute atomic E-state index is 13.4. The standard InChI is InChI=1S/C12H16F8O5S/c13-9(14,5-2-6-24-7-8-3-1-4-8)10(15,16)25-11(17,18)12(19,20)26(21,22)23/h8H,1-7H2,(H,21,22,23). The molecule has 0 aromatic carbocycles. The molecule has 0 atom stereocenters. The van der Waals surface area contributed by atoms with Crippen molar-refractivity contribution >= 4 is 10.1 Å². The van der Waals surface area contributed by atoms with Crippen LogP contribution in [0.4, 0.5) is 35.1 Å². The van der Waals surface area contributed by atoms with Gasteiger partial charge >= 0.3 is 33.5 Å². The second-order valence-electron chi connectivity index (χ2n) is 5.81. The Balaban J connectivity index is 2.64. The summed E-state index contributed by atoms with van der Waals surface area (Å²) >= 11 is 0. The topological polar surface area (TPSA) is 72.8 Å².